The molecule has 0 aliphatic heterocycles. The van der Waals surface area contributed by atoms with E-state index in [9.17, 15) is 9.59 Å². The van der Waals surface area contributed by atoms with Crippen molar-refractivity contribution in [1.82, 2.24) is 0 Å². The summed E-state index contributed by atoms with van der Waals surface area (Å²) in [6.07, 6.45) is 8.28. The van der Waals surface area contributed by atoms with Crippen LogP contribution in [0.15, 0.2) is 182 Å². The average Bonchev–Trinajstić information content (AvgIpc) is 3.40. The molecule has 8 aromatic rings. The van der Waals surface area contributed by atoms with Gasteiger partial charge in [0.15, 0.2) is 0 Å². The normalized spacial score (nSPS) is 13.0. The van der Waals surface area contributed by atoms with Crippen LogP contribution in [0.3, 0.4) is 0 Å². The molecule has 1 aliphatic carbocycles. The van der Waals surface area contributed by atoms with Crippen LogP contribution in [0.2, 0.25) is 0 Å². The molecule has 8 aromatic carbocycles. The van der Waals surface area contributed by atoms with Crippen LogP contribution in [0.5, 0.6) is 23.0 Å². The van der Waals surface area contributed by atoms with Crippen molar-refractivity contribution < 1.29 is 28.5 Å². The third-order valence-electron chi connectivity index (χ3n) is 14.3. The van der Waals surface area contributed by atoms with Gasteiger partial charge in [-0.2, -0.15) is 0 Å². The fraction of sp³-hybridized carbons (Fsp3) is 0.231. The van der Waals surface area contributed by atoms with E-state index < -0.39 is 6.16 Å². The van der Waals surface area contributed by atoms with Gasteiger partial charge in [-0.1, -0.05) is 122 Å². The van der Waals surface area contributed by atoms with Crippen molar-refractivity contribution in [2.24, 2.45) is 0 Å². The number of carbonyl (C=O) groups is 2. The zero-order valence-electron chi connectivity index (χ0n) is 42.1. The lowest BCUT2D eigenvalue weighted by atomic mass is 9.65. The van der Waals surface area contributed by atoms with Crippen molar-refractivity contribution in [2.45, 2.75) is 90.9 Å². The van der Waals surface area contributed by atoms with Gasteiger partial charge in [0.1, 0.15) is 23.0 Å². The lowest BCUT2D eigenvalue weighted by Gasteiger charge is -2.38. The fourth-order valence-electron chi connectivity index (χ4n) is 10.2. The topological polar surface area (TPSA) is 74.3 Å². The number of ether oxygens (including phenoxy) is 4. The van der Waals surface area contributed by atoms with E-state index in [0.717, 1.165) is 79.7 Å². The lowest BCUT2D eigenvalue weighted by Crippen LogP contribution is -2.30. The summed E-state index contributed by atoms with van der Waals surface area (Å²) >= 11 is 0. The van der Waals surface area contributed by atoms with E-state index in [-0.39, 0.29) is 11.4 Å². The highest BCUT2D eigenvalue weighted by Crippen LogP contribution is 2.46. The minimum Gasteiger partial charge on any atom is -0.497 e. The maximum Gasteiger partial charge on any atom is 0.519 e. The van der Waals surface area contributed by atoms with E-state index in [0.29, 0.717) is 17.2 Å². The van der Waals surface area contributed by atoms with Crippen LogP contribution in [0.4, 0.5) is 21.9 Å². The van der Waals surface area contributed by atoms with E-state index in [1.165, 1.54) is 69.0 Å². The largest absolute Gasteiger partial charge is 0.519 e. The van der Waals surface area contributed by atoms with Crippen LogP contribution < -0.4 is 23.8 Å². The van der Waals surface area contributed by atoms with E-state index >= 15 is 0 Å². The van der Waals surface area contributed by atoms with Crippen LogP contribution in [-0.4, -0.2) is 19.2 Å². The summed E-state index contributed by atoms with van der Waals surface area (Å²) in [5.41, 5.74) is 16.7. The number of aryl methyl sites for hydroxylation is 7. The summed E-state index contributed by atoms with van der Waals surface area (Å²) in [6.45, 7) is 7.94. The molecule has 364 valence electrons. The molecule has 72 heavy (non-hydrogen) atoms. The third-order valence-corrected chi connectivity index (χ3v) is 14.3. The van der Waals surface area contributed by atoms with Crippen molar-refractivity contribution in [3.05, 3.63) is 232 Å². The number of benzene rings is 8. The molecule has 0 bridgehead atoms. The molecule has 0 heterocycles. The van der Waals surface area contributed by atoms with Gasteiger partial charge in [-0.25, -0.2) is 4.79 Å². The standard InChI is InChI=1S/C65H63NO6/c1-45-9-17-53(18-10-45)54-23-29-57(30-24-54)66(58-31-21-51(46(2)43-58)19-11-49-13-33-60(69-5)34-14-49)59-32-22-52(47(3)44-59)20-12-50-15-35-62(36-16-50)71-64(68)72-63-39-27-56(28-40-63)65(41-7-6-8-42-65)55-25-37-61(38-26-55)70-48(4)67/h9-10,13-18,21-40,43-44H,6-8,11-12,19-20,41-42H2,1-5H3. The van der Waals surface area contributed by atoms with Crippen molar-refractivity contribution in [2.75, 3.05) is 12.0 Å². The van der Waals surface area contributed by atoms with Gasteiger partial charge in [0.2, 0.25) is 0 Å². The molecule has 0 saturated heterocycles. The predicted octanol–water partition coefficient (Wildman–Crippen LogP) is 16.1. The van der Waals surface area contributed by atoms with E-state index in [1.807, 2.05) is 72.8 Å². The van der Waals surface area contributed by atoms with Crippen LogP contribution in [0.1, 0.15) is 89.1 Å². The number of hydrogen-bond donors (Lipinski definition) is 0. The zero-order valence-corrected chi connectivity index (χ0v) is 42.1. The van der Waals surface area contributed by atoms with Crippen molar-refractivity contribution in [3.8, 4) is 34.1 Å². The molecular formula is C65H63NO6. The Labute approximate surface area is 425 Å². The second-order valence-electron chi connectivity index (χ2n) is 19.2. The highest BCUT2D eigenvalue weighted by atomic mass is 16.7. The first kappa shape index (κ1) is 49.1. The number of rotatable bonds is 16. The van der Waals surface area contributed by atoms with Gasteiger partial charge in [0.25, 0.3) is 0 Å². The highest BCUT2D eigenvalue weighted by Gasteiger charge is 2.36. The first-order valence-corrected chi connectivity index (χ1v) is 25.2. The second-order valence-corrected chi connectivity index (χ2v) is 19.2. The molecule has 0 atom stereocenters. The van der Waals surface area contributed by atoms with Crippen LogP contribution in [0.25, 0.3) is 11.1 Å². The first-order valence-electron chi connectivity index (χ1n) is 25.2. The zero-order chi connectivity index (χ0) is 50.0. The molecular weight excluding hydrogens is 891 g/mol. The third kappa shape index (κ3) is 11.8. The highest BCUT2D eigenvalue weighted by molar-refractivity contribution is 5.79. The molecule has 9 rings (SSSR count). The van der Waals surface area contributed by atoms with Crippen LogP contribution in [-0.2, 0) is 35.9 Å². The summed E-state index contributed by atoms with van der Waals surface area (Å²) in [4.78, 5) is 26.8. The molecule has 1 fully saturated rings. The van der Waals surface area contributed by atoms with Crippen LogP contribution in [0, 0.1) is 20.8 Å². The van der Waals surface area contributed by atoms with E-state index in [1.54, 1.807) is 7.11 Å². The second kappa shape index (κ2) is 22.5. The number of methoxy groups -OCH3 is 1. The van der Waals surface area contributed by atoms with Gasteiger partial charge >= 0.3 is 12.1 Å². The molecule has 0 unspecified atom stereocenters. The Bertz CT molecular complexity index is 3100. The Kier molecular flexibility index (Phi) is 15.3. The number of nitrogens with zero attached hydrogens (tertiary/aromatic N) is 1. The molecule has 1 aliphatic rings. The number of anilines is 3. The Hall–Kier alpha value is -7.90. The van der Waals surface area contributed by atoms with E-state index in [2.05, 4.69) is 135 Å². The molecule has 0 radical (unpaired) electrons. The number of carbonyl (C=O) groups excluding carboxylic acids is 2. The van der Waals surface area contributed by atoms with Gasteiger partial charge in [-0.15, -0.1) is 0 Å². The smallest absolute Gasteiger partial charge is 0.497 e. The van der Waals surface area contributed by atoms with Gasteiger partial charge < -0.3 is 23.8 Å². The van der Waals surface area contributed by atoms with Crippen LogP contribution >= 0.6 is 0 Å². The van der Waals surface area contributed by atoms with Gasteiger partial charge in [0, 0.05) is 29.4 Å². The molecule has 1 saturated carbocycles. The molecule has 0 spiro atoms. The molecule has 7 heteroatoms. The van der Waals surface area contributed by atoms with E-state index in [4.69, 9.17) is 18.9 Å². The summed E-state index contributed by atoms with van der Waals surface area (Å²) in [6, 6.07) is 62.8. The fourth-order valence-corrected chi connectivity index (χ4v) is 10.2. The Morgan fingerprint density at radius 2 is 0.875 bits per heavy atom. The Morgan fingerprint density at radius 3 is 1.32 bits per heavy atom. The monoisotopic (exact) mass is 953 g/mol. The molecule has 7 nitrogen and oxygen atoms in total. The average molecular weight is 954 g/mol. The Morgan fingerprint density at radius 1 is 0.458 bits per heavy atom. The lowest BCUT2D eigenvalue weighted by molar-refractivity contribution is -0.131. The molecule has 0 amide bonds. The number of esters is 1. The van der Waals surface area contributed by atoms with Crippen molar-refractivity contribution in [3.63, 3.8) is 0 Å². The summed E-state index contributed by atoms with van der Waals surface area (Å²) in [5, 5.41) is 0. The summed E-state index contributed by atoms with van der Waals surface area (Å²) in [7, 11) is 1.70. The minimum atomic E-state index is -0.785. The van der Waals surface area contributed by atoms with Gasteiger partial charge in [-0.05, 0) is 200 Å². The maximum atomic E-state index is 13.0. The Balaban J connectivity index is 0.844. The van der Waals surface area contributed by atoms with Crippen molar-refractivity contribution in [1.29, 1.82) is 0 Å². The van der Waals surface area contributed by atoms with Crippen molar-refractivity contribution >= 4 is 29.2 Å². The quantitative estimate of drug-likeness (QED) is 0.0542. The minimum absolute atomic E-state index is 0.166. The van der Waals surface area contributed by atoms with Gasteiger partial charge in [0.05, 0.1) is 7.11 Å². The molecule has 0 aromatic heterocycles. The summed E-state index contributed by atoms with van der Waals surface area (Å²) in [5.74, 6) is 1.92. The number of hydrogen-bond acceptors (Lipinski definition) is 7. The van der Waals surface area contributed by atoms with Gasteiger partial charge in [-0.3, -0.25) is 4.79 Å². The summed E-state index contributed by atoms with van der Waals surface area (Å²) < 4.78 is 21.9. The maximum absolute atomic E-state index is 13.0. The first-order chi connectivity index (χ1) is 35.0. The molecule has 0 N–H and O–H groups in total. The SMILES string of the molecule is COc1ccc(CCc2ccc(N(c3ccc(-c4ccc(C)cc4)cc3)c3ccc(CCc4ccc(OC(=O)Oc5ccc(C6(c7ccc(OC(C)=O)cc7)CCCCC6)cc5)cc4)c(C)c3)cc2C)cc1. The predicted molar refractivity (Wildman–Crippen MR) is 290 cm³/mol.